The minimum absolute atomic E-state index is 0.0242. The molecule has 2 aromatic carbocycles. The highest BCUT2D eigenvalue weighted by atomic mass is 32.2. The average molecular weight is 362 g/mol. The maximum absolute atomic E-state index is 12.7. The minimum atomic E-state index is -3.80. The Hall–Kier alpha value is -2.58. The van der Waals surface area contributed by atoms with Gasteiger partial charge in [-0.05, 0) is 25.1 Å². The number of rotatable bonds is 5. The Morgan fingerprint density at radius 3 is 2.64 bits per heavy atom. The highest BCUT2D eigenvalue weighted by Crippen LogP contribution is 2.26. The summed E-state index contributed by atoms with van der Waals surface area (Å²) in [4.78, 5) is 11.6. The molecule has 7 nitrogen and oxygen atoms in total. The maximum atomic E-state index is 12.7. The van der Waals surface area contributed by atoms with Gasteiger partial charge in [-0.25, -0.2) is 17.9 Å². The number of sulfonamides is 1. The smallest absolute Gasteiger partial charge is 0.419 e. The van der Waals surface area contributed by atoms with Gasteiger partial charge in [0, 0.05) is 24.7 Å². The Morgan fingerprint density at radius 2 is 1.92 bits per heavy atom. The number of ether oxygens (including phenoxy) is 1. The summed E-state index contributed by atoms with van der Waals surface area (Å²) >= 11 is 0. The van der Waals surface area contributed by atoms with E-state index < -0.39 is 21.8 Å². The first-order valence-corrected chi connectivity index (χ1v) is 9.06. The molecule has 25 heavy (non-hydrogen) atoms. The van der Waals surface area contributed by atoms with Gasteiger partial charge in [0.1, 0.15) is 5.75 Å². The zero-order chi connectivity index (χ0) is 18.2. The third-order valence-corrected chi connectivity index (χ3v) is 5.55. The van der Waals surface area contributed by atoms with Crippen LogP contribution in [-0.2, 0) is 17.1 Å². The number of hydrogen-bond donors (Lipinski definition) is 1. The predicted octanol–water partition coefficient (Wildman–Crippen LogP) is 2.18. The van der Waals surface area contributed by atoms with Crippen LogP contribution >= 0.6 is 0 Å². The molecule has 3 aromatic rings. The van der Waals surface area contributed by atoms with Gasteiger partial charge < -0.3 is 9.15 Å². The van der Waals surface area contributed by atoms with E-state index in [1.54, 1.807) is 32.2 Å². The lowest BCUT2D eigenvalue weighted by atomic mass is 10.1. The number of benzene rings is 2. The lowest BCUT2D eigenvalue weighted by Crippen LogP contribution is -2.27. The van der Waals surface area contributed by atoms with Crippen LogP contribution in [0.4, 0.5) is 0 Å². The molecule has 0 amide bonds. The molecule has 0 fully saturated rings. The summed E-state index contributed by atoms with van der Waals surface area (Å²) in [5.74, 6) is 0.0575. The van der Waals surface area contributed by atoms with Crippen LogP contribution in [0, 0.1) is 0 Å². The summed E-state index contributed by atoms with van der Waals surface area (Å²) in [7, 11) is -0.712. The van der Waals surface area contributed by atoms with Crippen LogP contribution in [0.15, 0.2) is 56.6 Å². The van der Waals surface area contributed by atoms with Crippen LogP contribution in [0.3, 0.4) is 0 Å². The second kappa shape index (κ2) is 6.38. The van der Waals surface area contributed by atoms with E-state index in [0.29, 0.717) is 11.3 Å². The van der Waals surface area contributed by atoms with Crippen molar-refractivity contribution >= 4 is 21.1 Å². The molecule has 1 aromatic heterocycles. The van der Waals surface area contributed by atoms with Crippen molar-refractivity contribution in [3.8, 4) is 5.75 Å². The van der Waals surface area contributed by atoms with E-state index in [9.17, 15) is 13.2 Å². The van der Waals surface area contributed by atoms with Gasteiger partial charge in [-0.2, -0.15) is 0 Å². The molecule has 0 spiro atoms. The lowest BCUT2D eigenvalue weighted by molar-refractivity contribution is 0.405. The van der Waals surface area contributed by atoms with Crippen LogP contribution in [0.25, 0.3) is 11.1 Å². The number of aromatic nitrogens is 1. The molecule has 1 heterocycles. The molecule has 132 valence electrons. The zero-order valence-electron chi connectivity index (χ0n) is 14.0. The molecule has 0 aliphatic heterocycles. The van der Waals surface area contributed by atoms with E-state index in [4.69, 9.17) is 9.15 Å². The van der Waals surface area contributed by atoms with E-state index in [1.165, 1.54) is 23.8 Å². The summed E-state index contributed by atoms with van der Waals surface area (Å²) in [6.45, 7) is 1.73. The topological polar surface area (TPSA) is 90.5 Å². The molecular formula is C17H18N2O5S. The van der Waals surface area contributed by atoms with Crippen molar-refractivity contribution < 1.29 is 17.6 Å². The van der Waals surface area contributed by atoms with E-state index in [1.807, 2.05) is 12.1 Å². The Morgan fingerprint density at radius 1 is 1.20 bits per heavy atom. The second-order valence-electron chi connectivity index (χ2n) is 5.64. The van der Waals surface area contributed by atoms with E-state index in [0.717, 1.165) is 5.56 Å². The largest absolute Gasteiger partial charge is 0.496 e. The number of oxazole rings is 1. The van der Waals surface area contributed by atoms with Crippen LogP contribution in [0.2, 0.25) is 0 Å². The number of nitrogens with one attached hydrogen (secondary N) is 1. The van der Waals surface area contributed by atoms with Gasteiger partial charge in [-0.15, -0.1) is 0 Å². The molecule has 0 unspecified atom stereocenters. The van der Waals surface area contributed by atoms with E-state index >= 15 is 0 Å². The first-order valence-electron chi connectivity index (χ1n) is 7.58. The second-order valence-corrected chi connectivity index (χ2v) is 7.36. The number of para-hydroxylation sites is 1. The van der Waals surface area contributed by atoms with Gasteiger partial charge >= 0.3 is 5.76 Å². The highest BCUT2D eigenvalue weighted by Gasteiger charge is 2.21. The summed E-state index contributed by atoms with van der Waals surface area (Å²) in [6, 6.07) is 11.0. The van der Waals surface area contributed by atoms with Gasteiger partial charge in [-0.3, -0.25) is 4.57 Å². The molecule has 0 saturated heterocycles. The van der Waals surface area contributed by atoms with Crippen LogP contribution < -0.4 is 15.2 Å². The van der Waals surface area contributed by atoms with Crippen molar-refractivity contribution in [3.05, 3.63) is 58.6 Å². The summed E-state index contributed by atoms with van der Waals surface area (Å²) in [6.07, 6.45) is 0. The van der Waals surface area contributed by atoms with Gasteiger partial charge in [0.2, 0.25) is 10.0 Å². The molecule has 0 aliphatic carbocycles. The van der Waals surface area contributed by atoms with Crippen molar-refractivity contribution in [2.24, 2.45) is 7.05 Å². The van der Waals surface area contributed by atoms with Crippen molar-refractivity contribution in [2.45, 2.75) is 17.9 Å². The molecule has 0 radical (unpaired) electrons. The first kappa shape index (κ1) is 17.2. The fraction of sp³-hybridized carbons (Fsp3) is 0.235. The number of hydrogen-bond acceptors (Lipinski definition) is 5. The number of methoxy groups -OCH3 is 1. The van der Waals surface area contributed by atoms with Gasteiger partial charge in [0.25, 0.3) is 0 Å². The normalized spacial score (nSPS) is 13.1. The summed E-state index contributed by atoms with van der Waals surface area (Å²) < 4.78 is 39.6. The average Bonchev–Trinajstić information content (AvgIpc) is 2.88. The fourth-order valence-corrected chi connectivity index (χ4v) is 3.91. The minimum Gasteiger partial charge on any atom is -0.496 e. The molecule has 1 atom stereocenters. The molecule has 1 N–H and O–H groups in total. The van der Waals surface area contributed by atoms with E-state index in [-0.39, 0.29) is 10.5 Å². The van der Waals surface area contributed by atoms with Crippen molar-refractivity contribution in [2.75, 3.05) is 7.11 Å². The SMILES string of the molecule is COc1ccccc1[C@H](C)NS(=O)(=O)c1ccc2c(c1)oc(=O)n2C. The van der Waals surface area contributed by atoms with E-state index in [2.05, 4.69) is 4.72 Å². The Kier molecular flexibility index (Phi) is 4.40. The molecule has 8 heteroatoms. The summed E-state index contributed by atoms with van der Waals surface area (Å²) in [5.41, 5.74) is 1.47. The quantitative estimate of drug-likeness (QED) is 0.751. The molecule has 0 saturated carbocycles. The standard InChI is InChI=1S/C17H18N2O5S/c1-11(13-6-4-5-7-15(13)23-3)18-25(21,22)12-8-9-14-16(10-12)24-17(20)19(14)2/h4-11,18H,1-3H3/t11-/m0/s1. The Bertz CT molecular complexity index is 1080. The Balaban J connectivity index is 1.95. The third kappa shape index (κ3) is 3.18. The predicted molar refractivity (Wildman–Crippen MR) is 93.2 cm³/mol. The van der Waals surface area contributed by atoms with Crippen LogP contribution in [-0.4, -0.2) is 20.1 Å². The number of aryl methyl sites for hydroxylation is 1. The highest BCUT2D eigenvalue weighted by molar-refractivity contribution is 7.89. The first-order chi connectivity index (χ1) is 11.8. The summed E-state index contributed by atoms with van der Waals surface area (Å²) in [5, 5.41) is 0. The van der Waals surface area contributed by atoms with Crippen LogP contribution in [0.5, 0.6) is 5.75 Å². The number of fused-ring (bicyclic) bond motifs is 1. The zero-order valence-corrected chi connectivity index (χ0v) is 14.8. The van der Waals surface area contributed by atoms with Crippen molar-refractivity contribution in [1.82, 2.24) is 9.29 Å². The molecular weight excluding hydrogens is 344 g/mol. The molecule has 0 bridgehead atoms. The maximum Gasteiger partial charge on any atom is 0.419 e. The fourth-order valence-electron chi connectivity index (χ4n) is 2.67. The molecule has 0 aliphatic rings. The lowest BCUT2D eigenvalue weighted by Gasteiger charge is -2.17. The third-order valence-electron chi connectivity index (χ3n) is 4.01. The number of nitrogens with zero attached hydrogens (tertiary/aromatic N) is 1. The van der Waals surface area contributed by atoms with Crippen LogP contribution in [0.1, 0.15) is 18.5 Å². The van der Waals surface area contributed by atoms with Crippen molar-refractivity contribution in [1.29, 1.82) is 0 Å². The molecule has 3 rings (SSSR count). The van der Waals surface area contributed by atoms with Gasteiger partial charge in [0.15, 0.2) is 5.58 Å². The monoisotopic (exact) mass is 362 g/mol. The van der Waals surface area contributed by atoms with Gasteiger partial charge in [0.05, 0.1) is 17.5 Å². The van der Waals surface area contributed by atoms with Crippen molar-refractivity contribution in [3.63, 3.8) is 0 Å². The van der Waals surface area contributed by atoms with Gasteiger partial charge in [-0.1, -0.05) is 18.2 Å². The Labute approximate surface area is 144 Å².